The summed E-state index contributed by atoms with van der Waals surface area (Å²) in [5, 5.41) is 3.49. The zero-order chi connectivity index (χ0) is 13.6. The summed E-state index contributed by atoms with van der Waals surface area (Å²) in [6, 6.07) is 6.47. The highest BCUT2D eigenvalue weighted by atomic mass is 79.9. The van der Waals surface area contributed by atoms with Gasteiger partial charge in [0.1, 0.15) is 0 Å². The van der Waals surface area contributed by atoms with Crippen molar-refractivity contribution in [1.82, 2.24) is 5.32 Å². The second-order valence-corrected chi connectivity index (χ2v) is 6.44. The molecule has 0 saturated carbocycles. The molecule has 102 valence electrons. The number of hydrogen-bond acceptors (Lipinski definition) is 2. The van der Waals surface area contributed by atoms with E-state index < -0.39 is 0 Å². The summed E-state index contributed by atoms with van der Waals surface area (Å²) in [7, 11) is 0. The minimum absolute atomic E-state index is 0.148. The molecule has 2 nitrogen and oxygen atoms in total. The van der Waals surface area contributed by atoms with Gasteiger partial charge in [-0.3, -0.25) is 0 Å². The van der Waals surface area contributed by atoms with Gasteiger partial charge < -0.3 is 10.1 Å². The Hall–Kier alpha value is -0.380. The van der Waals surface area contributed by atoms with Gasteiger partial charge in [0.05, 0.1) is 6.61 Å². The van der Waals surface area contributed by atoms with E-state index in [1.807, 2.05) is 0 Å². The predicted molar refractivity (Wildman–Crippen MR) is 80.7 cm³/mol. The zero-order valence-corrected chi connectivity index (χ0v) is 13.4. The van der Waals surface area contributed by atoms with Gasteiger partial charge in [-0.05, 0) is 44.4 Å². The van der Waals surface area contributed by atoms with E-state index in [9.17, 15) is 0 Å². The van der Waals surface area contributed by atoms with E-state index in [1.165, 1.54) is 11.1 Å². The molecule has 0 fully saturated rings. The van der Waals surface area contributed by atoms with E-state index in [0.717, 1.165) is 24.0 Å². The van der Waals surface area contributed by atoms with E-state index in [1.54, 1.807) is 0 Å². The van der Waals surface area contributed by atoms with Crippen molar-refractivity contribution < 1.29 is 4.74 Å². The molecule has 0 radical (unpaired) electrons. The maximum Gasteiger partial charge on any atom is 0.0727 e. The molecule has 0 spiro atoms. The molecule has 1 aromatic rings. The molecule has 18 heavy (non-hydrogen) atoms. The topological polar surface area (TPSA) is 21.3 Å². The van der Waals surface area contributed by atoms with Crippen molar-refractivity contribution in [2.45, 2.75) is 52.8 Å². The van der Waals surface area contributed by atoms with Gasteiger partial charge in [-0.15, -0.1) is 0 Å². The third-order valence-electron chi connectivity index (χ3n) is 2.55. The minimum Gasteiger partial charge on any atom is -0.377 e. The van der Waals surface area contributed by atoms with Gasteiger partial charge >= 0.3 is 0 Å². The van der Waals surface area contributed by atoms with E-state index in [0.29, 0.717) is 6.61 Å². The molecule has 1 N–H and O–H groups in total. The maximum atomic E-state index is 5.56. The quantitative estimate of drug-likeness (QED) is 0.792. The predicted octanol–water partition coefficient (Wildman–Crippen LogP) is 4.26. The third-order valence-corrected chi connectivity index (χ3v) is 3.28. The molecule has 0 amide bonds. The van der Waals surface area contributed by atoms with Gasteiger partial charge in [0, 0.05) is 23.2 Å². The van der Waals surface area contributed by atoms with Crippen LogP contribution < -0.4 is 5.32 Å². The molecule has 0 aromatic heterocycles. The summed E-state index contributed by atoms with van der Waals surface area (Å²) in [5.41, 5.74) is 2.65. The Kier molecular flexibility index (Phi) is 6.33. The van der Waals surface area contributed by atoms with Gasteiger partial charge in [-0.2, -0.15) is 0 Å². The SMILES string of the molecule is CCCOCc1ccc(CNC(C)(C)C)cc1Br. The first kappa shape index (κ1) is 15.7. The van der Waals surface area contributed by atoms with E-state index >= 15 is 0 Å². The Morgan fingerprint density at radius 3 is 2.56 bits per heavy atom. The first-order valence-corrected chi connectivity index (χ1v) is 7.32. The Balaban J connectivity index is 2.56. The van der Waals surface area contributed by atoms with Crippen molar-refractivity contribution in [1.29, 1.82) is 0 Å². The fourth-order valence-electron chi connectivity index (χ4n) is 1.51. The summed E-state index contributed by atoms with van der Waals surface area (Å²) in [5.74, 6) is 0. The van der Waals surface area contributed by atoms with Crippen LogP contribution in [0.1, 0.15) is 45.2 Å². The molecular formula is C15H24BrNO. The van der Waals surface area contributed by atoms with Crippen LogP contribution in [-0.2, 0) is 17.9 Å². The third kappa shape index (κ3) is 5.98. The number of hydrogen-bond donors (Lipinski definition) is 1. The first-order chi connectivity index (χ1) is 8.42. The lowest BCUT2D eigenvalue weighted by atomic mass is 10.1. The van der Waals surface area contributed by atoms with Crippen LogP contribution in [0.5, 0.6) is 0 Å². The van der Waals surface area contributed by atoms with Gasteiger partial charge in [0.15, 0.2) is 0 Å². The summed E-state index contributed by atoms with van der Waals surface area (Å²) in [4.78, 5) is 0. The van der Waals surface area contributed by atoms with Crippen LogP contribution in [0.25, 0.3) is 0 Å². The number of nitrogens with one attached hydrogen (secondary N) is 1. The highest BCUT2D eigenvalue weighted by molar-refractivity contribution is 9.10. The molecule has 0 heterocycles. The zero-order valence-electron chi connectivity index (χ0n) is 11.8. The summed E-state index contributed by atoms with van der Waals surface area (Å²) < 4.78 is 6.69. The van der Waals surface area contributed by atoms with Crippen molar-refractivity contribution in [2.75, 3.05) is 6.61 Å². The molecule has 0 saturated heterocycles. The molecule has 1 aromatic carbocycles. The Morgan fingerprint density at radius 1 is 1.28 bits per heavy atom. The second-order valence-electron chi connectivity index (χ2n) is 5.58. The van der Waals surface area contributed by atoms with Crippen LogP contribution in [-0.4, -0.2) is 12.1 Å². The van der Waals surface area contributed by atoms with E-state index in [2.05, 4.69) is 67.1 Å². The van der Waals surface area contributed by atoms with Crippen molar-refractivity contribution in [3.8, 4) is 0 Å². The average molecular weight is 314 g/mol. The van der Waals surface area contributed by atoms with Gasteiger partial charge in [0.25, 0.3) is 0 Å². The van der Waals surface area contributed by atoms with Crippen LogP contribution in [0.2, 0.25) is 0 Å². The van der Waals surface area contributed by atoms with Crippen LogP contribution in [0.4, 0.5) is 0 Å². The Labute approximate surface area is 119 Å². The smallest absolute Gasteiger partial charge is 0.0727 e. The number of halogens is 1. The van der Waals surface area contributed by atoms with Crippen molar-refractivity contribution in [3.63, 3.8) is 0 Å². The standard InChI is InChI=1S/C15H24BrNO/c1-5-8-18-11-13-7-6-12(9-14(13)16)10-17-15(2,3)4/h6-7,9,17H,5,8,10-11H2,1-4H3. The molecule has 0 aliphatic carbocycles. The van der Waals surface area contributed by atoms with Gasteiger partial charge in [-0.1, -0.05) is 35.0 Å². The average Bonchev–Trinajstić information content (AvgIpc) is 2.28. The molecule has 1 rings (SSSR count). The lowest BCUT2D eigenvalue weighted by Gasteiger charge is -2.20. The van der Waals surface area contributed by atoms with Crippen LogP contribution in [0.15, 0.2) is 22.7 Å². The first-order valence-electron chi connectivity index (χ1n) is 6.52. The lowest BCUT2D eigenvalue weighted by molar-refractivity contribution is 0.121. The largest absolute Gasteiger partial charge is 0.377 e. The molecule has 3 heteroatoms. The number of ether oxygens (including phenoxy) is 1. The highest BCUT2D eigenvalue weighted by Gasteiger charge is 2.09. The van der Waals surface area contributed by atoms with Crippen molar-refractivity contribution >= 4 is 15.9 Å². The number of benzene rings is 1. The normalized spacial score (nSPS) is 11.8. The van der Waals surface area contributed by atoms with Crippen LogP contribution in [0.3, 0.4) is 0 Å². The fourth-order valence-corrected chi connectivity index (χ4v) is 2.05. The second kappa shape index (κ2) is 7.27. The van der Waals surface area contributed by atoms with E-state index in [4.69, 9.17) is 4.74 Å². The van der Waals surface area contributed by atoms with Crippen molar-refractivity contribution in [3.05, 3.63) is 33.8 Å². The molecule has 0 bridgehead atoms. The molecule has 0 aliphatic heterocycles. The number of rotatable bonds is 6. The van der Waals surface area contributed by atoms with Crippen LogP contribution in [0, 0.1) is 0 Å². The molecule has 0 aliphatic rings. The Bertz CT molecular complexity index is 371. The van der Waals surface area contributed by atoms with Gasteiger partial charge in [0.2, 0.25) is 0 Å². The summed E-state index contributed by atoms with van der Waals surface area (Å²) in [6.07, 6.45) is 1.06. The summed E-state index contributed by atoms with van der Waals surface area (Å²) in [6.45, 7) is 11.0. The fraction of sp³-hybridized carbons (Fsp3) is 0.600. The van der Waals surface area contributed by atoms with Crippen molar-refractivity contribution in [2.24, 2.45) is 0 Å². The minimum atomic E-state index is 0.148. The van der Waals surface area contributed by atoms with Gasteiger partial charge in [-0.25, -0.2) is 0 Å². The Morgan fingerprint density at radius 2 is 2.00 bits per heavy atom. The van der Waals surface area contributed by atoms with E-state index in [-0.39, 0.29) is 5.54 Å². The lowest BCUT2D eigenvalue weighted by Crippen LogP contribution is -2.35. The summed E-state index contributed by atoms with van der Waals surface area (Å²) >= 11 is 3.61. The molecule has 0 unspecified atom stereocenters. The monoisotopic (exact) mass is 313 g/mol. The van der Waals surface area contributed by atoms with Crippen LogP contribution >= 0.6 is 15.9 Å². The maximum absolute atomic E-state index is 5.56. The highest BCUT2D eigenvalue weighted by Crippen LogP contribution is 2.20. The molecular weight excluding hydrogens is 290 g/mol. The molecule has 0 atom stereocenters.